The number of hydrogen-bond acceptors (Lipinski definition) is 6. The van der Waals surface area contributed by atoms with Crippen LogP contribution in [-0.4, -0.2) is 38.1 Å². The average molecular weight is 523 g/mol. The molecule has 0 aliphatic carbocycles. The van der Waals surface area contributed by atoms with Crippen LogP contribution in [-0.2, 0) is 24.1 Å². The van der Waals surface area contributed by atoms with Crippen LogP contribution in [0.25, 0.3) is 11.3 Å². The predicted octanol–water partition coefficient (Wildman–Crippen LogP) is 5.78. The molecule has 3 aromatic carbocycles. The van der Waals surface area contributed by atoms with Crippen LogP contribution < -0.4 is 19.5 Å². The van der Waals surface area contributed by atoms with Gasteiger partial charge in [-0.2, -0.15) is 0 Å². The number of ether oxygens (including phenoxy) is 3. The van der Waals surface area contributed by atoms with Gasteiger partial charge in [0, 0.05) is 36.9 Å². The van der Waals surface area contributed by atoms with Crippen molar-refractivity contribution in [1.82, 2.24) is 10.3 Å². The first-order valence-electron chi connectivity index (χ1n) is 13.4. The lowest BCUT2D eigenvalue weighted by Crippen LogP contribution is -2.31. The summed E-state index contributed by atoms with van der Waals surface area (Å²) in [4.78, 5) is 17.7. The average Bonchev–Trinajstić information content (AvgIpc) is 2.97. The summed E-state index contributed by atoms with van der Waals surface area (Å²) in [6, 6.07) is 28.2. The molecule has 5 rings (SSSR count). The number of aromatic nitrogens is 1. The maximum absolute atomic E-state index is 13.0. The second-order valence-electron chi connectivity index (χ2n) is 9.72. The van der Waals surface area contributed by atoms with Gasteiger partial charge < -0.3 is 19.5 Å². The topological polar surface area (TPSA) is 69.7 Å². The third-order valence-electron chi connectivity index (χ3n) is 7.08. The first-order chi connectivity index (χ1) is 19.1. The van der Waals surface area contributed by atoms with Crippen molar-refractivity contribution in [1.29, 1.82) is 0 Å². The molecule has 0 amide bonds. The summed E-state index contributed by atoms with van der Waals surface area (Å²) in [5, 5.41) is 3.52. The molecule has 4 aromatic rings. The number of benzene rings is 3. The summed E-state index contributed by atoms with van der Waals surface area (Å²) < 4.78 is 16.7. The molecule has 1 N–H and O–H groups in total. The second-order valence-corrected chi connectivity index (χ2v) is 9.72. The number of nitrogens with zero attached hydrogens (tertiary/aromatic N) is 1. The van der Waals surface area contributed by atoms with E-state index in [2.05, 4.69) is 29.6 Å². The van der Waals surface area contributed by atoms with E-state index < -0.39 is 0 Å². The molecule has 0 spiro atoms. The predicted molar refractivity (Wildman–Crippen MR) is 153 cm³/mol. The Morgan fingerprint density at radius 2 is 1.74 bits per heavy atom. The molecule has 200 valence electrons. The highest BCUT2D eigenvalue weighted by Crippen LogP contribution is 2.28. The molecule has 0 saturated heterocycles. The monoisotopic (exact) mass is 522 g/mol. The zero-order valence-electron chi connectivity index (χ0n) is 22.5. The molecule has 0 bridgehead atoms. The Morgan fingerprint density at radius 3 is 2.62 bits per heavy atom. The molecule has 2 heterocycles. The van der Waals surface area contributed by atoms with Gasteiger partial charge in [-0.05, 0) is 59.5 Å². The quantitative estimate of drug-likeness (QED) is 0.269. The number of rotatable bonds is 11. The number of Topliss-reactive ketones (excluding diaryl/α,β-unsaturated/α-hetero) is 1. The Balaban J connectivity index is 1.20. The maximum atomic E-state index is 13.0. The zero-order chi connectivity index (χ0) is 27.0. The molecule has 39 heavy (non-hydrogen) atoms. The number of hydrogen-bond donors (Lipinski definition) is 1. The number of methoxy groups -OCH3 is 2. The lowest BCUT2D eigenvalue weighted by molar-refractivity contribution is -0.119. The summed E-state index contributed by atoms with van der Waals surface area (Å²) >= 11 is 0. The SMILES string of the molecule is COc1ccc(CCOc2cccc(-c3cccc(CC(=O)CC4NCCc5ccccc54)c3)n2)cc1OC. The molecule has 1 atom stereocenters. The highest BCUT2D eigenvalue weighted by molar-refractivity contribution is 5.82. The molecule has 6 nitrogen and oxygen atoms in total. The van der Waals surface area contributed by atoms with E-state index in [0.717, 1.165) is 35.3 Å². The van der Waals surface area contributed by atoms with Crippen LogP contribution in [0.3, 0.4) is 0 Å². The first-order valence-corrected chi connectivity index (χ1v) is 13.4. The number of nitrogens with one attached hydrogen (secondary N) is 1. The van der Waals surface area contributed by atoms with Crippen LogP contribution in [0, 0.1) is 0 Å². The fraction of sp³-hybridized carbons (Fsp3) is 0.273. The van der Waals surface area contributed by atoms with E-state index >= 15 is 0 Å². The standard InChI is InChI=1S/C33H34N2O4/c1-37-31-14-13-23(21-32(31)38-2)16-18-39-33-12-6-11-29(35-33)26-9-5-7-24(19-26)20-27(36)22-30-28-10-4-3-8-25(28)15-17-34-30/h3-14,19,21,30,34H,15-18,20,22H2,1-2H3. The normalized spacial score (nSPS) is 14.4. The smallest absolute Gasteiger partial charge is 0.213 e. The van der Waals surface area contributed by atoms with Gasteiger partial charge in [-0.25, -0.2) is 4.98 Å². The molecule has 0 fully saturated rings. The molecule has 6 heteroatoms. The first kappa shape index (κ1) is 26.4. The van der Waals surface area contributed by atoms with Crippen LogP contribution in [0.1, 0.15) is 34.7 Å². The second kappa shape index (κ2) is 12.6. The van der Waals surface area contributed by atoms with E-state index in [4.69, 9.17) is 19.2 Å². The van der Waals surface area contributed by atoms with Gasteiger partial charge in [0.1, 0.15) is 5.78 Å². The van der Waals surface area contributed by atoms with E-state index in [9.17, 15) is 4.79 Å². The van der Waals surface area contributed by atoms with Gasteiger partial charge in [-0.1, -0.05) is 54.6 Å². The van der Waals surface area contributed by atoms with E-state index in [0.29, 0.717) is 43.2 Å². The Morgan fingerprint density at radius 1 is 0.897 bits per heavy atom. The van der Waals surface area contributed by atoms with Crippen LogP contribution in [0.15, 0.2) is 84.9 Å². The fourth-order valence-corrected chi connectivity index (χ4v) is 5.11. The van der Waals surface area contributed by atoms with Gasteiger partial charge in [0.15, 0.2) is 11.5 Å². The minimum absolute atomic E-state index is 0.0835. The minimum atomic E-state index is 0.0835. The molecular weight excluding hydrogens is 488 g/mol. The summed E-state index contributed by atoms with van der Waals surface area (Å²) in [6.45, 7) is 1.39. The van der Waals surface area contributed by atoms with Gasteiger partial charge in [0.05, 0.1) is 26.5 Å². The molecule has 1 aliphatic heterocycles. The van der Waals surface area contributed by atoms with Crippen molar-refractivity contribution in [3.63, 3.8) is 0 Å². The van der Waals surface area contributed by atoms with Crippen LogP contribution in [0.4, 0.5) is 0 Å². The number of carbonyl (C=O) groups excluding carboxylic acids is 1. The molecule has 0 radical (unpaired) electrons. The molecular formula is C33H34N2O4. The fourth-order valence-electron chi connectivity index (χ4n) is 5.11. The van der Waals surface area contributed by atoms with Crippen molar-refractivity contribution in [2.45, 2.75) is 31.7 Å². The highest BCUT2D eigenvalue weighted by Gasteiger charge is 2.21. The van der Waals surface area contributed by atoms with Crippen molar-refractivity contribution >= 4 is 5.78 Å². The van der Waals surface area contributed by atoms with Gasteiger partial charge in [0.25, 0.3) is 0 Å². The number of pyridine rings is 1. The number of carbonyl (C=O) groups is 1. The van der Waals surface area contributed by atoms with Crippen molar-refractivity contribution < 1.29 is 19.0 Å². The zero-order valence-corrected chi connectivity index (χ0v) is 22.5. The third-order valence-corrected chi connectivity index (χ3v) is 7.08. The van der Waals surface area contributed by atoms with E-state index in [-0.39, 0.29) is 11.8 Å². The molecule has 1 aromatic heterocycles. The van der Waals surface area contributed by atoms with Gasteiger partial charge in [-0.15, -0.1) is 0 Å². The van der Waals surface area contributed by atoms with Crippen LogP contribution in [0.5, 0.6) is 17.4 Å². The molecule has 0 saturated carbocycles. The largest absolute Gasteiger partial charge is 0.493 e. The van der Waals surface area contributed by atoms with E-state index in [1.54, 1.807) is 14.2 Å². The Kier molecular flexibility index (Phi) is 8.54. The lowest BCUT2D eigenvalue weighted by Gasteiger charge is -2.26. The maximum Gasteiger partial charge on any atom is 0.213 e. The van der Waals surface area contributed by atoms with Crippen molar-refractivity contribution in [3.8, 4) is 28.6 Å². The van der Waals surface area contributed by atoms with Crippen molar-refractivity contribution in [3.05, 3.63) is 107 Å². The summed E-state index contributed by atoms with van der Waals surface area (Å²) in [6.07, 6.45) is 2.61. The van der Waals surface area contributed by atoms with Crippen LogP contribution in [0.2, 0.25) is 0 Å². The Labute approximate surface area is 230 Å². The van der Waals surface area contributed by atoms with Crippen molar-refractivity contribution in [2.24, 2.45) is 0 Å². The van der Waals surface area contributed by atoms with Gasteiger partial charge in [0.2, 0.25) is 5.88 Å². The summed E-state index contributed by atoms with van der Waals surface area (Å²) in [5.41, 5.74) is 6.45. The minimum Gasteiger partial charge on any atom is -0.493 e. The Hall–Kier alpha value is -4.16. The Bertz CT molecular complexity index is 1430. The molecule has 1 unspecified atom stereocenters. The van der Waals surface area contributed by atoms with Crippen molar-refractivity contribution in [2.75, 3.05) is 27.4 Å². The summed E-state index contributed by atoms with van der Waals surface area (Å²) in [7, 11) is 3.26. The number of ketones is 1. The third kappa shape index (κ3) is 6.65. The lowest BCUT2D eigenvalue weighted by atomic mass is 9.90. The number of fused-ring (bicyclic) bond motifs is 1. The van der Waals surface area contributed by atoms with Crippen LogP contribution >= 0.6 is 0 Å². The molecule has 1 aliphatic rings. The summed E-state index contributed by atoms with van der Waals surface area (Å²) in [5.74, 6) is 2.20. The van der Waals surface area contributed by atoms with Gasteiger partial charge >= 0.3 is 0 Å². The highest BCUT2D eigenvalue weighted by atomic mass is 16.5. The van der Waals surface area contributed by atoms with E-state index in [1.807, 2.05) is 60.7 Å². The van der Waals surface area contributed by atoms with Gasteiger partial charge in [-0.3, -0.25) is 4.79 Å². The van der Waals surface area contributed by atoms with E-state index in [1.165, 1.54) is 11.1 Å².